The Labute approximate surface area is 249 Å². The highest BCUT2D eigenvalue weighted by atomic mass is 19.1. The van der Waals surface area contributed by atoms with Crippen molar-refractivity contribution in [3.05, 3.63) is 65.5 Å². The van der Waals surface area contributed by atoms with Gasteiger partial charge in [0, 0.05) is 34.3 Å². The molecule has 11 nitrogen and oxygen atoms in total. The molecular weight excluding hydrogens is 567 g/mol. The zero-order valence-electron chi connectivity index (χ0n) is 24.6. The van der Waals surface area contributed by atoms with Crippen molar-refractivity contribution in [2.24, 2.45) is 0 Å². The molecule has 3 rings (SSSR count). The molecule has 0 amide bonds. The number of benzene rings is 2. The van der Waals surface area contributed by atoms with Crippen molar-refractivity contribution in [3.63, 3.8) is 0 Å². The summed E-state index contributed by atoms with van der Waals surface area (Å²) < 4.78 is 52.2. The minimum absolute atomic E-state index is 0.197. The highest BCUT2D eigenvalue weighted by molar-refractivity contribution is 5.68. The molecule has 0 spiro atoms. The van der Waals surface area contributed by atoms with Crippen LogP contribution < -0.4 is 4.74 Å². The molecule has 1 aliphatic rings. The SMILES string of the molecule is CC(=O)OCC1OC(OCCCCc2ccc(OCc3cccc(F)c3)cc2)C(OC(C)=O)C(OC(C)=O)C1OC(C)=O. The van der Waals surface area contributed by atoms with Gasteiger partial charge < -0.3 is 33.2 Å². The number of unbranched alkanes of at least 4 members (excludes halogenated alkanes) is 1. The van der Waals surface area contributed by atoms with E-state index in [4.69, 9.17) is 33.2 Å². The maximum atomic E-state index is 13.3. The summed E-state index contributed by atoms with van der Waals surface area (Å²) in [5, 5.41) is 0. The van der Waals surface area contributed by atoms with Gasteiger partial charge in [0.05, 0.1) is 0 Å². The van der Waals surface area contributed by atoms with Gasteiger partial charge in [-0.1, -0.05) is 24.3 Å². The highest BCUT2D eigenvalue weighted by Gasteiger charge is 2.52. The van der Waals surface area contributed by atoms with Crippen LogP contribution in [0.3, 0.4) is 0 Å². The standard InChI is InChI=1S/C31H37FO11/c1-19(33)38-18-27-28(40-20(2)34)29(41-21(3)35)30(42-22(4)36)31(43-27)37-15-6-5-8-23-11-13-26(14-12-23)39-17-24-9-7-10-25(32)16-24/h7,9-14,16,27-31H,5-6,8,15,17-18H2,1-4H3. The van der Waals surface area contributed by atoms with Crippen molar-refractivity contribution in [3.8, 4) is 5.75 Å². The second-order valence-corrected chi connectivity index (χ2v) is 9.96. The van der Waals surface area contributed by atoms with Gasteiger partial charge in [0.2, 0.25) is 0 Å². The fraction of sp³-hybridized carbons (Fsp3) is 0.484. The Kier molecular flexibility index (Phi) is 12.9. The summed E-state index contributed by atoms with van der Waals surface area (Å²) in [7, 11) is 0. The van der Waals surface area contributed by atoms with Crippen LogP contribution in [0.1, 0.15) is 51.7 Å². The number of halogens is 1. The van der Waals surface area contributed by atoms with Crippen LogP contribution >= 0.6 is 0 Å². The van der Waals surface area contributed by atoms with E-state index in [1.54, 1.807) is 12.1 Å². The molecule has 234 valence electrons. The Morgan fingerprint density at radius 3 is 2.05 bits per heavy atom. The molecular formula is C31H37FO11. The molecule has 43 heavy (non-hydrogen) atoms. The molecule has 0 bridgehead atoms. The van der Waals surface area contributed by atoms with Gasteiger partial charge >= 0.3 is 23.9 Å². The maximum Gasteiger partial charge on any atom is 0.303 e. The molecule has 0 radical (unpaired) electrons. The summed E-state index contributed by atoms with van der Waals surface area (Å²) in [6.07, 6.45) is -3.92. The lowest BCUT2D eigenvalue weighted by atomic mass is 9.98. The molecule has 5 unspecified atom stereocenters. The zero-order chi connectivity index (χ0) is 31.4. The number of esters is 4. The molecule has 2 aromatic rings. The third kappa shape index (κ3) is 11.3. The van der Waals surface area contributed by atoms with Crippen molar-refractivity contribution >= 4 is 23.9 Å². The van der Waals surface area contributed by atoms with E-state index in [2.05, 4.69) is 0 Å². The van der Waals surface area contributed by atoms with Crippen molar-refractivity contribution < 1.29 is 56.7 Å². The molecule has 0 aliphatic carbocycles. The Morgan fingerprint density at radius 1 is 0.767 bits per heavy atom. The molecule has 0 saturated carbocycles. The summed E-state index contributed by atoms with van der Waals surface area (Å²) >= 11 is 0. The van der Waals surface area contributed by atoms with Crippen LogP contribution in [0, 0.1) is 5.82 Å². The van der Waals surface area contributed by atoms with E-state index >= 15 is 0 Å². The third-order valence-corrected chi connectivity index (χ3v) is 6.31. The second-order valence-electron chi connectivity index (χ2n) is 9.96. The molecule has 0 N–H and O–H groups in total. The molecule has 1 aliphatic heterocycles. The second kappa shape index (κ2) is 16.6. The maximum absolute atomic E-state index is 13.3. The molecule has 1 saturated heterocycles. The van der Waals surface area contributed by atoms with Crippen molar-refractivity contribution in [2.45, 2.75) is 84.3 Å². The first-order valence-corrected chi connectivity index (χ1v) is 13.9. The first-order chi connectivity index (χ1) is 20.5. The molecule has 2 aromatic carbocycles. The average Bonchev–Trinajstić information content (AvgIpc) is 2.93. The Bertz CT molecular complexity index is 1230. The van der Waals surface area contributed by atoms with Gasteiger partial charge in [-0.15, -0.1) is 0 Å². The average molecular weight is 605 g/mol. The Hall–Kier alpha value is -4.03. The predicted octanol–water partition coefficient (Wildman–Crippen LogP) is 3.83. The van der Waals surface area contributed by atoms with Crippen LogP contribution in [0.5, 0.6) is 5.75 Å². The van der Waals surface area contributed by atoms with Gasteiger partial charge in [-0.05, 0) is 54.7 Å². The molecule has 1 heterocycles. The van der Waals surface area contributed by atoms with Crippen molar-refractivity contribution in [2.75, 3.05) is 13.2 Å². The van der Waals surface area contributed by atoms with E-state index < -0.39 is 54.6 Å². The molecule has 0 aromatic heterocycles. The minimum Gasteiger partial charge on any atom is -0.489 e. The number of carbonyl (C=O) groups excluding carboxylic acids is 4. The van der Waals surface area contributed by atoms with Gasteiger partial charge in [0.1, 0.15) is 30.9 Å². The van der Waals surface area contributed by atoms with Gasteiger partial charge in [-0.3, -0.25) is 19.2 Å². The van der Waals surface area contributed by atoms with Crippen LogP contribution in [-0.4, -0.2) is 67.8 Å². The van der Waals surface area contributed by atoms with Crippen molar-refractivity contribution in [1.29, 1.82) is 0 Å². The van der Waals surface area contributed by atoms with Gasteiger partial charge in [-0.25, -0.2) is 4.39 Å². The fourth-order valence-electron chi connectivity index (χ4n) is 4.50. The highest BCUT2D eigenvalue weighted by Crippen LogP contribution is 2.30. The lowest BCUT2D eigenvalue weighted by Crippen LogP contribution is -2.63. The first kappa shape index (κ1) is 33.5. The van der Waals surface area contributed by atoms with E-state index in [1.807, 2.05) is 24.3 Å². The molecule has 5 atom stereocenters. The largest absolute Gasteiger partial charge is 0.489 e. The molecule has 1 fully saturated rings. The number of hydrogen-bond acceptors (Lipinski definition) is 11. The van der Waals surface area contributed by atoms with Crippen molar-refractivity contribution in [1.82, 2.24) is 0 Å². The summed E-state index contributed by atoms with van der Waals surface area (Å²) in [5.74, 6) is -2.35. The summed E-state index contributed by atoms with van der Waals surface area (Å²) in [4.78, 5) is 47.1. The monoisotopic (exact) mass is 604 g/mol. The van der Waals surface area contributed by atoms with Crippen LogP contribution in [0.2, 0.25) is 0 Å². The van der Waals surface area contributed by atoms with E-state index in [1.165, 1.54) is 26.0 Å². The van der Waals surface area contributed by atoms with E-state index in [0.29, 0.717) is 12.2 Å². The lowest BCUT2D eigenvalue weighted by molar-refractivity contribution is -0.308. The van der Waals surface area contributed by atoms with E-state index in [0.717, 1.165) is 37.8 Å². The number of aryl methyl sites for hydroxylation is 1. The summed E-state index contributed by atoms with van der Waals surface area (Å²) in [6, 6.07) is 13.8. The third-order valence-electron chi connectivity index (χ3n) is 6.31. The van der Waals surface area contributed by atoms with Gasteiger partial charge in [0.15, 0.2) is 24.6 Å². The predicted molar refractivity (Wildman–Crippen MR) is 148 cm³/mol. The number of hydrogen-bond donors (Lipinski definition) is 0. The van der Waals surface area contributed by atoms with Crippen LogP contribution in [0.4, 0.5) is 4.39 Å². The first-order valence-electron chi connectivity index (χ1n) is 13.9. The van der Waals surface area contributed by atoms with Crippen LogP contribution in [-0.2, 0) is 60.6 Å². The topological polar surface area (TPSA) is 133 Å². The quantitative estimate of drug-likeness (QED) is 0.177. The Morgan fingerprint density at radius 2 is 1.42 bits per heavy atom. The normalized spacial score (nSPS) is 21.4. The molecule has 12 heteroatoms. The summed E-state index contributed by atoms with van der Waals surface area (Å²) in [6.45, 7) is 4.83. The van der Waals surface area contributed by atoms with E-state index in [9.17, 15) is 23.6 Å². The smallest absolute Gasteiger partial charge is 0.303 e. The van der Waals surface area contributed by atoms with Gasteiger partial charge in [0.25, 0.3) is 0 Å². The minimum atomic E-state index is -1.27. The van der Waals surface area contributed by atoms with Crippen LogP contribution in [0.25, 0.3) is 0 Å². The van der Waals surface area contributed by atoms with Crippen LogP contribution in [0.15, 0.2) is 48.5 Å². The lowest BCUT2D eigenvalue weighted by Gasteiger charge is -2.44. The fourth-order valence-corrected chi connectivity index (χ4v) is 4.50. The zero-order valence-corrected chi connectivity index (χ0v) is 24.6. The van der Waals surface area contributed by atoms with E-state index in [-0.39, 0.29) is 25.6 Å². The number of carbonyl (C=O) groups is 4. The summed E-state index contributed by atoms with van der Waals surface area (Å²) in [5.41, 5.74) is 1.81. The van der Waals surface area contributed by atoms with Gasteiger partial charge in [-0.2, -0.15) is 0 Å². The Balaban J connectivity index is 1.57. The number of rotatable bonds is 14. The number of ether oxygens (including phenoxy) is 7.